The molecule has 0 bridgehead atoms. The minimum absolute atomic E-state index is 0.0519. The Labute approximate surface area is 159 Å². The van der Waals surface area contributed by atoms with Crippen LogP contribution in [0.25, 0.3) is 0 Å². The number of esters is 2. The van der Waals surface area contributed by atoms with Crippen LogP contribution >= 0.6 is 0 Å². The summed E-state index contributed by atoms with van der Waals surface area (Å²) in [6, 6.07) is 5.79. The first kappa shape index (κ1) is 19.8. The summed E-state index contributed by atoms with van der Waals surface area (Å²) in [6.07, 6.45) is -5.24. The fraction of sp³-hybridized carbons (Fsp3) is 0.333. The molecule has 2 heterocycles. The van der Waals surface area contributed by atoms with Crippen LogP contribution in [0.5, 0.6) is 0 Å². The lowest BCUT2D eigenvalue weighted by atomic mass is 9.84. The normalized spacial score (nSPS) is 29.7. The summed E-state index contributed by atoms with van der Waals surface area (Å²) >= 11 is 0. The zero-order valence-corrected chi connectivity index (χ0v) is 14.4. The Kier molecular flexibility index (Phi) is 5.95. The largest absolute Gasteiger partial charge is 0.453 e. The second kappa shape index (κ2) is 8.40. The lowest BCUT2D eigenvalue weighted by Gasteiger charge is -2.42. The van der Waals surface area contributed by atoms with Crippen LogP contribution in [0.2, 0.25) is 0 Å². The van der Waals surface area contributed by atoms with E-state index in [1.165, 1.54) is 49.1 Å². The van der Waals surface area contributed by atoms with Gasteiger partial charge in [0.15, 0.2) is 12.2 Å². The van der Waals surface area contributed by atoms with Crippen molar-refractivity contribution in [3.8, 4) is 0 Å². The predicted octanol–water partition coefficient (Wildman–Crippen LogP) is -1.32. The van der Waals surface area contributed by atoms with Crippen LogP contribution in [0.3, 0.4) is 0 Å². The van der Waals surface area contributed by atoms with E-state index in [4.69, 9.17) is 9.47 Å². The van der Waals surface area contributed by atoms with Crippen LogP contribution in [-0.4, -0.2) is 79.0 Å². The highest BCUT2D eigenvalue weighted by molar-refractivity contribution is 5.89. The van der Waals surface area contributed by atoms with Crippen molar-refractivity contribution in [3.05, 3.63) is 60.2 Å². The number of pyridine rings is 2. The first-order valence-electron chi connectivity index (χ1n) is 8.34. The van der Waals surface area contributed by atoms with E-state index in [0.29, 0.717) is 0 Å². The van der Waals surface area contributed by atoms with E-state index in [1.54, 1.807) is 0 Å². The van der Waals surface area contributed by atoms with Gasteiger partial charge in [0.1, 0.15) is 24.4 Å². The van der Waals surface area contributed by atoms with Gasteiger partial charge in [0, 0.05) is 24.8 Å². The highest BCUT2D eigenvalue weighted by atomic mass is 16.6. The van der Waals surface area contributed by atoms with Gasteiger partial charge in [0.2, 0.25) is 0 Å². The molecule has 1 saturated carbocycles. The Balaban J connectivity index is 1.72. The molecule has 1 aliphatic rings. The summed E-state index contributed by atoms with van der Waals surface area (Å²) in [5.41, 5.74) is 0.104. The molecule has 4 N–H and O–H groups in total. The number of ether oxygens (including phenoxy) is 2. The summed E-state index contributed by atoms with van der Waals surface area (Å²) in [5, 5.41) is 41.0. The van der Waals surface area contributed by atoms with E-state index in [0.717, 1.165) is 0 Å². The average molecular weight is 390 g/mol. The van der Waals surface area contributed by atoms with Gasteiger partial charge in [-0.2, -0.15) is 0 Å². The van der Waals surface area contributed by atoms with E-state index < -0.39 is 48.6 Å². The van der Waals surface area contributed by atoms with Crippen molar-refractivity contribution < 1.29 is 39.5 Å². The molecule has 3 rings (SSSR count). The SMILES string of the molecule is O=C(OC1[C@@H](O)[C@H](O)C(OC(=O)c2cccnc2)[C@H](O)[C@@H]1O)c1cccnc1. The minimum Gasteiger partial charge on any atom is -0.453 e. The van der Waals surface area contributed by atoms with Crippen LogP contribution < -0.4 is 0 Å². The smallest absolute Gasteiger partial charge is 0.340 e. The van der Waals surface area contributed by atoms with Crippen LogP contribution in [0.1, 0.15) is 20.7 Å². The Morgan fingerprint density at radius 1 is 0.714 bits per heavy atom. The third kappa shape index (κ3) is 3.99. The van der Waals surface area contributed by atoms with Crippen molar-refractivity contribution in [2.24, 2.45) is 0 Å². The van der Waals surface area contributed by atoms with Gasteiger partial charge in [-0.05, 0) is 24.3 Å². The molecule has 1 aliphatic carbocycles. The Bertz CT molecular complexity index is 733. The Morgan fingerprint density at radius 3 is 1.36 bits per heavy atom. The van der Waals surface area contributed by atoms with Gasteiger partial charge in [0.05, 0.1) is 11.1 Å². The van der Waals surface area contributed by atoms with Crippen molar-refractivity contribution in [1.82, 2.24) is 9.97 Å². The number of rotatable bonds is 4. The van der Waals surface area contributed by atoms with E-state index >= 15 is 0 Å². The molecule has 2 aromatic heterocycles. The Hall–Kier alpha value is -2.92. The lowest BCUT2D eigenvalue weighted by molar-refractivity contribution is -0.223. The van der Waals surface area contributed by atoms with Crippen LogP contribution in [-0.2, 0) is 9.47 Å². The molecule has 1 fully saturated rings. The van der Waals surface area contributed by atoms with Gasteiger partial charge in [-0.3, -0.25) is 9.97 Å². The number of aliphatic hydroxyl groups excluding tert-OH is 4. The minimum atomic E-state index is -1.81. The van der Waals surface area contributed by atoms with Crippen LogP contribution in [0.15, 0.2) is 49.1 Å². The zero-order valence-electron chi connectivity index (χ0n) is 14.4. The average Bonchev–Trinajstić information content (AvgIpc) is 2.73. The zero-order chi connectivity index (χ0) is 20.3. The Morgan fingerprint density at radius 2 is 1.07 bits per heavy atom. The van der Waals surface area contributed by atoms with Gasteiger partial charge >= 0.3 is 11.9 Å². The maximum Gasteiger partial charge on any atom is 0.340 e. The van der Waals surface area contributed by atoms with Crippen LogP contribution in [0.4, 0.5) is 0 Å². The number of hydrogen-bond acceptors (Lipinski definition) is 10. The van der Waals surface area contributed by atoms with Gasteiger partial charge in [-0.25, -0.2) is 9.59 Å². The number of carbonyl (C=O) groups is 2. The van der Waals surface area contributed by atoms with E-state index in [1.807, 2.05) is 0 Å². The lowest BCUT2D eigenvalue weighted by Crippen LogP contribution is -2.65. The third-order valence-corrected chi connectivity index (χ3v) is 4.33. The molecular weight excluding hydrogens is 372 g/mol. The van der Waals surface area contributed by atoms with E-state index in [-0.39, 0.29) is 11.1 Å². The van der Waals surface area contributed by atoms with Crippen molar-refractivity contribution in [1.29, 1.82) is 0 Å². The number of hydrogen-bond donors (Lipinski definition) is 4. The van der Waals surface area contributed by atoms with E-state index in [2.05, 4.69) is 9.97 Å². The standard InChI is InChI=1S/C18H18N2O8/c21-11-13(23)16(28-18(26)10-4-2-6-20-8-10)14(24)12(22)15(11)27-17(25)9-3-1-5-19-7-9/h1-8,11-16,21-24H/t11-,12-,13-,14+,15?,16?/m0/s1. The summed E-state index contributed by atoms with van der Waals surface area (Å²) in [4.78, 5) is 31.7. The summed E-state index contributed by atoms with van der Waals surface area (Å²) in [7, 11) is 0. The number of carbonyl (C=O) groups excluding carboxylic acids is 2. The summed E-state index contributed by atoms with van der Waals surface area (Å²) in [6.45, 7) is 0. The molecule has 6 atom stereocenters. The maximum absolute atomic E-state index is 12.1. The van der Waals surface area contributed by atoms with E-state index in [9.17, 15) is 30.0 Å². The van der Waals surface area contributed by atoms with Gasteiger partial charge in [0.25, 0.3) is 0 Å². The molecule has 10 nitrogen and oxygen atoms in total. The van der Waals surface area contributed by atoms with Crippen LogP contribution in [0, 0.1) is 0 Å². The second-order valence-electron chi connectivity index (χ2n) is 6.19. The number of nitrogens with zero attached hydrogens (tertiary/aromatic N) is 2. The van der Waals surface area contributed by atoms with Crippen molar-refractivity contribution in [3.63, 3.8) is 0 Å². The predicted molar refractivity (Wildman–Crippen MR) is 90.9 cm³/mol. The molecule has 2 aromatic rings. The number of aliphatic hydroxyl groups is 4. The first-order chi connectivity index (χ1) is 13.4. The van der Waals surface area contributed by atoms with Gasteiger partial charge in [-0.1, -0.05) is 0 Å². The number of aromatic nitrogens is 2. The molecule has 10 heteroatoms. The molecule has 2 unspecified atom stereocenters. The highest BCUT2D eigenvalue weighted by Gasteiger charge is 2.52. The van der Waals surface area contributed by atoms with Crippen molar-refractivity contribution in [2.45, 2.75) is 36.6 Å². The van der Waals surface area contributed by atoms with Gasteiger partial charge < -0.3 is 29.9 Å². The first-order valence-corrected chi connectivity index (χ1v) is 8.34. The molecule has 148 valence electrons. The summed E-state index contributed by atoms with van der Waals surface area (Å²) in [5.74, 6) is -1.83. The van der Waals surface area contributed by atoms with Crippen molar-refractivity contribution >= 4 is 11.9 Å². The highest BCUT2D eigenvalue weighted by Crippen LogP contribution is 2.27. The maximum atomic E-state index is 12.1. The molecule has 0 aromatic carbocycles. The fourth-order valence-electron chi connectivity index (χ4n) is 2.81. The van der Waals surface area contributed by atoms with Crippen molar-refractivity contribution in [2.75, 3.05) is 0 Å². The molecule has 0 saturated heterocycles. The molecule has 0 aliphatic heterocycles. The fourth-order valence-corrected chi connectivity index (χ4v) is 2.81. The topological polar surface area (TPSA) is 159 Å². The molecule has 28 heavy (non-hydrogen) atoms. The third-order valence-electron chi connectivity index (χ3n) is 4.33. The second-order valence-corrected chi connectivity index (χ2v) is 6.19. The quantitative estimate of drug-likeness (QED) is 0.461. The molecule has 0 radical (unpaired) electrons. The molecular formula is C18H18N2O8. The van der Waals surface area contributed by atoms with Gasteiger partial charge in [-0.15, -0.1) is 0 Å². The summed E-state index contributed by atoms with van der Waals surface area (Å²) < 4.78 is 10.1. The monoisotopic (exact) mass is 390 g/mol. The molecule has 0 spiro atoms. The molecule has 0 amide bonds.